The van der Waals surface area contributed by atoms with Gasteiger partial charge in [-0.05, 0) is 42.9 Å². The third-order valence-corrected chi connectivity index (χ3v) is 6.80. The number of nitrogens with zero attached hydrogens (tertiary/aromatic N) is 2. The summed E-state index contributed by atoms with van der Waals surface area (Å²) in [5.41, 5.74) is 7.16. The molecule has 1 aliphatic heterocycles. The van der Waals surface area contributed by atoms with Gasteiger partial charge in [-0.25, -0.2) is 4.98 Å². The Hall–Kier alpha value is -0.980. The number of thiazole rings is 1. The summed E-state index contributed by atoms with van der Waals surface area (Å²) in [6.07, 6.45) is 3.59. The van der Waals surface area contributed by atoms with Gasteiger partial charge in [-0.15, -0.1) is 11.3 Å². The van der Waals surface area contributed by atoms with Crippen molar-refractivity contribution >= 4 is 43.4 Å². The molecule has 3 unspecified atom stereocenters. The van der Waals surface area contributed by atoms with Crippen LogP contribution in [0.4, 0.5) is 0 Å². The van der Waals surface area contributed by atoms with Crippen molar-refractivity contribution in [3.63, 3.8) is 0 Å². The fourth-order valence-corrected chi connectivity index (χ4v) is 5.23. The number of rotatable bonds is 3. The number of amides is 1. The van der Waals surface area contributed by atoms with Crippen LogP contribution in [-0.2, 0) is 11.2 Å². The topological polar surface area (TPSA) is 59.2 Å². The first-order valence-electron chi connectivity index (χ1n) is 8.18. The van der Waals surface area contributed by atoms with E-state index in [1.165, 1.54) is 11.1 Å². The number of aromatic nitrogens is 1. The molecule has 0 bridgehead atoms. The lowest BCUT2D eigenvalue weighted by Crippen LogP contribution is -2.33. The molecule has 122 valence electrons. The van der Waals surface area contributed by atoms with E-state index in [0.29, 0.717) is 24.3 Å². The van der Waals surface area contributed by atoms with E-state index in [4.69, 9.17) is 5.73 Å². The second-order valence-electron chi connectivity index (χ2n) is 6.68. The van der Waals surface area contributed by atoms with Crippen molar-refractivity contribution in [1.29, 1.82) is 0 Å². The van der Waals surface area contributed by atoms with Crippen LogP contribution in [0.2, 0.25) is 0 Å². The summed E-state index contributed by atoms with van der Waals surface area (Å²) in [7, 11) is 0. The molecule has 1 aromatic heterocycles. The van der Waals surface area contributed by atoms with Crippen LogP contribution >= 0.6 is 27.3 Å². The highest BCUT2D eigenvalue weighted by molar-refractivity contribution is 9.10. The van der Waals surface area contributed by atoms with Gasteiger partial charge in [0, 0.05) is 36.4 Å². The van der Waals surface area contributed by atoms with Crippen LogP contribution in [0.3, 0.4) is 0 Å². The SMILES string of the molecule is NC1CCC2CN(C(=O)CCc3nc4cc(Br)ccc4s3)CC12. The largest absolute Gasteiger partial charge is 0.342 e. The van der Waals surface area contributed by atoms with Gasteiger partial charge in [0.05, 0.1) is 15.2 Å². The minimum absolute atomic E-state index is 0.257. The van der Waals surface area contributed by atoms with Crippen molar-refractivity contribution in [2.45, 2.75) is 31.7 Å². The maximum Gasteiger partial charge on any atom is 0.223 e. The predicted octanol–water partition coefficient (Wildman–Crippen LogP) is 3.19. The normalized spacial score (nSPS) is 26.9. The molecule has 2 fully saturated rings. The molecule has 23 heavy (non-hydrogen) atoms. The average Bonchev–Trinajstić information content (AvgIpc) is 3.20. The summed E-state index contributed by atoms with van der Waals surface area (Å²) < 4.78 is 2.22. The molecule has 2 aromatic rings. The summed E-state index contributed by atoms with van der Waals surface area (Å²) >= 11 is 5.16. The third kappa shape index (κ3) is 3.04. The van der Waals surface area contributed by atoms with E-state index >= 15 is 0 Å². The van der Waals surface area contributed by atoms with E-state index in [1.807, 2.05) is 17.0 Å². The van der Waals surface area contributed by atoms with Crippen LogP contribution in [0, 0.1) is 11.8 Å². The highest BCUT2D eigenvalue weighted by Crippen LogP contribution is 2.37. The summed E-state index contributed by atoms with van der Waals surface area (Å²) in [4.78, 5) is 19.1. The fourth-order valence-electron chi connectivity index (χ4n) is 3.94. The van der Waals surface area contributed by atoms with E-state index in [9.17, 15) is 4.79 Å². The molecule has 1 saturated heterocycles. The molecule has 4 nitrogen and oxygen atoms in total. The van der Waals surface area contributed by atoms with Gasteiger partial charge in [0.2, 0.25) is 5.91 Å². The Kier molecular flexibility index (Phi) is 4.15. The quantitative estimate of drug-likeness (QED) is 0.870. The number of fused-ring (bicyclic) bond motifs is 2. The summed E-state index contributed by atoms with van der Waals surface area (Å²) in [6.45, 7) is 1.77. The van der Waals surface area contributed by atoms with Crippen molar-refractivity contribution in [1.82, 2.24) is 9.88 Å². The first-order valence-corrected chi connectivity index (χ1v) is 9.79. The standard InChI is InChI=1S/C17H20BrN3OS/c18-11-2-4-15-14(7-11)20-16(23-15)5-6-17(22)21-8-10-1-3-13(19)12(10)9-21/h2,4,7,10,12-13H,1,3,5-6,8-9,19H2. The van der Waals surface area contributed by atoms with Gasteiger partial charge in [-0.1, -0.05) is 15.9 Å². The Balaban J connectivity index is 1.37. The molecular formula is C17H20BrN3OS. The van der Waals surface area contributed by atoms with E-state index in [2.05, 4.69) is 27.0 Å². The zero-order chi connectivity index (χ0) is 16.0. The second kappa shape index (κ2) is 6.15. The Morgan fingerprint density at radius 3 is 3.09 bits per heavy atom. The van der Waals surface area contributed by atoms with E-state index in [-0.39, 0.29) is 5.91 Å². The minimum atomic E-state index is 0.257. The lowest BCUT2D eigenvalue weighted by atomic mass is 9.98. The molecule has 1 saturated carbocycles. The molecule has 1 aromatic carbocycles. The molecule has 0 radical (unpaired) electrons. The smallest absolute Gasteiger partial charge is 0.223 e. The van der Waals surface area contributed by atoms with Crippen molar-refractivity contribution in [3.05, 3.63) is 27.7 Å². The van der Waals surface area contributed by atoms with Gasteiger partial charge >= 0.3 is 0 Å². The second-order valence-corrected chi connectivity index (χ2v) is 8.71. The van der Waals surface area contributed by atoms with Crippen LogP contribution in [0.15, 0.2) is 22.7 Å². The van der Waals surface area contributed by atoms with Gasteiger partial charge in [0.1, 0.15) is 0 Å². The number of aryl methyl sites for hydroxylation is 1. The number of carbonyl (C=O) groups excluding carboxylic acids is 1. The molecule has 2 N–H and O–H groups in total. The van der Waals surface area contributed by atoms with Crippen LogP contribution in [0.25, 0.3) is 10.2 Å². The number of carbonyl (C=O) groups is 1. The Morgan fingerprint density at radius 2 is 2.26 bits per heavy atom. The Bertz CT molecular complexity index is 747. The number of halogens is 1. The molecule has 1 amide bonds. The fraction of sp³-hybridized carbons (Fsp3) is 0.529. The predicted molar refractivity (Wildman–Crippen MR) is 96.4 cm³/mol. The number of hydrogen-bond donors (Lipinski definition) is 1. The van der Waals surface area contributed by atoms with Gasteiger partial charge in [-0.3, -0.25) is 4.79 Å². The van der Waals surface area contributed by atoms with Crippen molar-refractivity contribution < 1.29 is 4.79 Å². The lowest BCUT2D eigenvalue weighted by Gasteiger charge is -2.18. The van der Waals surface area contributed by atoms with Crippen LogP contribution < -0.4 is 5.73 Å². The number of hydrogen-bond acceptors (Lipinski definition) is 4. The molecule has 2 aliphatic rings. The molecule has 1 aliphatic carbocycles. The monoisotopic (exact) mass is 393 g/mol. The molecule has 0 spiro atoms. The Morgan fingerprint density at radius 1 is 1.39 bits per heavy atom. The summed E-state index contributed by atoms with van der Waals surface area (Å²) in [6, 6.07) is 6.42. The van der Waals surface area contributed by atoms with Gasteiger partial charge < -0.3 is 10.6 Å². The zero-order valence-electron chi connectivity index (χ0n) is 12.9. The maximum atomic E-state index is 12.5. The van der Waals surface area contributed by atoms with Gasteiger partial charge in [-0.2, -0.15) is 0 Å². The summed E-state index contributed by atoms with van der Waals surface area (Å²) in [5, 5.41) is 1.04. The lowest BCUT2D eigenvalue weighted by molar-refractivity contribution is -0.130. The first-order chi connectivity index (χ1) is 11.1. The van der Waals surface area contributed by atoms with Gasteiger partial charge in [0.15, 0.2) is 0 Å². The number of likely N-dealkylation sites (tertiary alicyclic amines) is 1. The van der Waals surface area contributed by atoms with E-state index < -0.39 is 0 Å². The molecular weight excluding hydrogens is 374 g/mol. The molecule has 6 heteroatoms. The first kappa shape index (κ1) is 15.5. The van der Waals surface area contributed by atoms with Crippen LogP contribution in [-0.4, -0.2) is 34.9 Å². The summed E-state index contributed by atoms with van der Waals surface area (Å²) in [5.74, 6) is 1.42. The highest BCUT2D eigenvalue weighted by atomic mass is 79.9. The minimum Gasteiger partial charge on any atom is -0.342 e. The zero-order valence-corrected chi connectivity index (χ0v) is 15.3. The van der Waals surface area contributed by atoms with Gasteiger partial charge in [0.25, 0.3) is 0 Å². The van der Waals surface area contributed by atoms with Crippen molar-refractivity contribution in [3.8, 4) is 0 Å². The molecule has 4 rings (SSSR count). The molecule has 3 atom stereocenters. The maximum absolute atomic E-state index is 12.5. The van der Waals surface area contributed by atoms with E-state index in [0.717, 1.165) is 40.9 Å². The van der Waals surface area contributed by atoms with Crippen molar-refractivity contribution in [2.75, 3.05) is 13.1 Å². The number of nitrogens with two attached hydrogens (primary N) is 1. The number of benzene rings is 1. The van der Waals surface area contributed by atoms with Crippen LogP contribution in [0.1, 0.15) is 24.3 Å². The van der Waals surface area contributed by atoms with Crippen molar-refractivity contribution in [2.24, 2.45) is 17.6 Å². The highest BCUT2D eigenvalue weighted by Gasteiger charge is 2.42. The Labute approximate surface area is 148 Å². The third-order valence-electron chi connectivity index (χ3n) is 5.21. The average molecular weight is 394 g/mol. The van der Waals surface area contributed by atoms with E-state index in [1.54, 1.807) is 11.3 Å². The molecule has 2 heterocycles. The van der Waals surface area contributed by atoms with Crippen LogP contribution in [0.5, 0.6) is 0 Å².